The van der Waals surface area contributed by atoms with Gasteiger partial charge in [-0.1, -0.05) is 0 Å². The lowest BCUT2D eigenvalue weighted by Gasteiger charge is -2.36. The van der Waals surface area contributed by atoms with Crippen LogP contribution in [0.2, 0.25) is 0 Å². The van der Waals surface area contributed by atoms with Gasteiger partial charge in [-0.3, -0.25) is 9.89 Å². The van der Waals surface area contributed by atoms with Crippen LogP contribution in [-0.4, -0.2) is 88.4 Å². The minimum absolute atomic E-state index is 0. The average Bonchev–Trinajstić information content (AvgIpc) is 2.51. The van der Waals surface area contributed by atoms with Crippen LogP contribution in [-0.2, 0) is 4.74 Å². The lowest BCUT2D eigenvalue weighted by atomic mass is 10.2. The zero-order chi connectivity index (χ0) is 16.2. The van der Waals surface area contributed by atoms with Gasteiger partial charge in [0.05, 0.1) is 6.54 Å². The number of unbranched alkanes of at least 4 members (excludes halogenated alkanes) is 1. The number of ether oxygens (including phenoxy) is 1. The van der Waals surface area contributed by atoms with Crippen LogP contribution in [0.25, 0.3) is 0 Å². The molecule has 1 fully saturated rings. The summed E-state index contributed by atoms with van der Waals surface area (Å²) in [5.41, 5.74) is 0. The molecular formula is C16H36IN5O. The van der Waals surface area contributed by atoms with E-state index in [4.69, 9.17) is 9.73 Å². The van der Waals surface area contributed by atoms with Crippen LogP contribution in [0.15, 0.2) is 4.99 Å². The van der Waals surface area contributed by atoms with Crippen LogP contribution in [0.4, 0.5) is 0 Å². The fourth-order valence-corrected chi connectivity index (χ4v) is 2.52. The first-order chi connectivity index (χ1) is 10.7. The zero-order valence-corrected chi connectivity index (χ0v) is 17.6. The quantitative estimate of drug-likeness (QED) is 0.244. The minimum atomic E-state index is 0. The van der Waals surface area contributed by atoms with E-state index in [1.54, 1.807) is 0 Å². The van der Waals surface area contributed by atoms with E-state index < -0.39 is 0 Å². The number of nitrogens with zero attached hydrogens (tertiary/aromatic N) is 3. The molecule has 138 valence electrons. The summed E-state index contributed by atoms with van der Waals surface area (Å²) in [5, 5.41) is 6.74. The van der Waals surface area contributed by atoms with Crippen molar-refractivity contribution in [3.63, 3.8) is 0 Å². The molecule has 0 aliphatic carbocycles. The molecule has 1 atom stereocenters. The number of hydrogen-bond donors (Lipinski definition) is 2. The maximum absolute atomic E-state index is 5.35. The fourth-order valence-electron chi connectivity index (χ4n) is 2.52. The zero-order valence-electron chi connectivity index (χ0n) is 15.3. The molecule has 0 aromatic heterocycles. The van der Waals surface area contributed by atoms with Crippen molar-refractivity contribution in [3.8, 4) is 0 Å². The van der Waals surface area contributed by atoms with Crippen LogP contribution in [0, 0.1) is 0 Å². The van der Waals surface area contributed by atoms with Crippen molar-refractivity contribution in [2.75, 3.05) is 66.6 Å². The van der Waals surface area contributed by atoms with E-state index in [0.717, 1.165) is 71.3 Å². The smallest absolute Gasteiger partial charge is 0.191 e. The summed E-state index contributed by atoms with van der Waals surface area (Å²) >= 11 is 0. The molecule has 7 heteroatoms. The Labute approximate surface area is 159 Å². The van der Waals surface area contributed by atoms with Gasteiger partial charge < -0.3 is 20.3 Å². The molecule has 0 aromatic rings. The first-order valence-corrected chi connectivity index (χ1v) is 8.66. The third kappa shape index (κ3) is 10.4. The predicted octanol–water partition coefficient (Wildman–Crippen LogP) is 1.22. The molecule has 1 aliphatic rings. The molecule has 0 spiro atoms. The van der Waals surface area contributed by atoms with Crippen molar-refractivity contribution in [2.45, 2.75) is 32.7 Å². The number of hydrogen-bond acceptors (Lipinski definition) is 4. The monoisotopic (exact) mass is 441 g/mol. The van der Waals surface area contributed by atoms with Gasteiger partial charge in [0.2, 0.25) is 0 Å². The second-order valence-corrected chi connectivity index (χ2v) is 5.95. The van der Waals surface area contributed by atoms with Crippen molar-refractivity contribution in [2.24, 2.45) is 4.99 Å². The Bertz CT molecular complexity index is 317. The van der Waals surface area contributed by atoms with Gasteiger partial charge in [-0.15, -0.1) is 24.0 Å². The summed E-state index contributed by atoms with van der Waals surface area (Å²) in [6, 6.07) is 0.507. The number of nitrogens with one attached hydrogen (secondary N) is 2. The number of aliphatic imine (C=N–C) groups is 1. The van der Waals surface area contributed by atoms with E-state index in [0.29, 0.717) is 6.04 Å². The van der Waals surface area contributed by atoms with Crippen LogP contribution < -0.4 is 10.6 Å². The second-order valence-electron chi connectivity index (χ2n) is 5.95. The SMILES string of the molecule is CCNC(=NCC1CN(C)CCN1C)NCCCCOCC.I. The summed E-state index contributed by atoms with van der Waals surface area (Å²) in [5.74, 6) is 0.931. The summed E-state index contributed by atoms with van der Waals surface area (Å²) in [7, 11) is 4.38. The van der Waals surface area contributed by atoms with E-state index in [1.165, 1.54) is 0 Å². The van der Waals surface area contributed by atoms with Crippen molar-refractivity contribution >= 4 is 29.9 Å². The first kappa shape index (κ1) is 22.9. The lowest BCUT2D eigenvalue weighted by Crippen LogP contribution is -2.51. The van der Waals surface area contributed by atoms with Crippen LogP contribution in [0.3, 0.4) is 0 Å². The highest BCUT2D eigenvalue weighted by Crippen LogP contribution is 2.06. The predicted molar refractivity (Wildman–Crippen MR) is 109 cm³/mol. The molecule has 1 rings (SSSR count). The third-order valence-corrected chi connectivity index (χ3v) is 4.00. The maximum Gasteiger partial charge on any atom is 0.191 e. The summed E-state index contributed by atoms with van der Waals surface area (Å²) in [6.07, 6.45) is 2.20. The molecule has 1 aliphatic heterocycles. The molecule has 0 bridgehead atoms. The highest BCUT2D eigenvalue weighted by molar-refractivity contribution is 14.0. The number of guanidine groups is 1. The second kappa shape index (κ2) is 14.2. The largest absolute Gasteiger partial charge is 0.382 e. The van der Waals surface area contributed by atoms with Crippen LogP contribution >= 0.6 is 24.0 Å². The molecule has 2 N–H and O–H groups in total. The van der Waals surface area contributed by atoms with Gasteiger partial charge in [0, 0.05) is 52.0 Å². The molecular weight excluding hydrogens is 405 g/mol. The summed E-state index contributed by atoms with van der Waals surface area (Å²) in [4.78, 5) is 9.55. The Kier molecular flexibility index (Phi) is 14.2. The van der Waals surface area contributed by atoms with Gasteiger partial charge in [0.15, 0.2) is 5.96 Å². The molecule has 0 aromatic carbocycles. The van der Waals surface area contributed by atoms with Gasteiger partial charge >= 0.3 is 0 Å². The van der Waals surface area contributed by atoms with E-state index in [-0.39, 0.29) is 24.0 Å². The van der Waals surface area contributed by atoms with E-state index >= 15 is 0 Å². The molecule has 23 heavy (non-hydrogen) atoms. The topological polar surface area (TPSA) is 52.1 Å². The average molecular weight is 441 g/mol. The molecule has 1 heterocycles. The Morgan fingerprint density at radius 3 is 2.65 bits per heavy atom. The normalized spacial score (nSPS) is 20.2. The molecule has 0 saturated carbocycles. The Balaban J connectivity index is 0.00000484. The van der Waals surface area contributed by atoms with Gasteiger partial charge in [0.25, 0.3) is 0 Å². The van der Waals surface area contributed by atoms with Gasteiger partial charge in [0.1, 0.15) is 0 Å². The van der Waals surface area contributed by atoms with Crippen molar-refractivity contribution in [1.82, 2.24) is 20.4 Å². The van der Waals surface area contributed by atoms with E-state index in [9.17, 15) is 0 Å². The standard InChI is InChI=1S/C16H35N5O.HI/c1-5-17-16(18-9-7-8-12-22-6-2)19-13-15-14-20(3)10-11-21(15)4;/h15H,5-14H2,1-4H3,(H2,17,18,19);1H. The first-order valence-electron chi connectivity index (χ1n) is 8.66. The third-order valence-electron chi connectivity index (χ3n) is 4.00. The van der Waals surface area contributed by atoms with Crippen LogP contribution in [0.5, 0.6) is 0 Å². The Hall–Kier alpha value is -0.120. The van der Waals surface area contributed by atoms with Crippen molar-refractivity contribution in [3.05, 3.63) is 0 Å². The van der Waals surface area contributed by atoms with E-state index in [1.807, 2.05) is 6.92 Å². The summed E-state index contributed by atoms with van der Waals surface area (Å²) < 4.78 is 5.35. The fraction of sp³-hybridized carbons (Fsp3) is 0.938. The molecule has 6 nitrogen and oxygen atoms in total. The Morgan fingerprint density at radius 1 is 1.17 bits per heavy atom. The highest BCUT2D eigenvalue weighted by Gasteiger charge is 2.21. The number of halogens is 1. The van der Waals surface area contributed by atoms with E-state index in [2.05, 4.69) is 41.5 Å². The Morgan fingerprint density at radius 2 is 1.96 bits per heavy atom. The molecule has 1 saturated heterocycles. The number of rotatable bonds is 9. The maximum atomic E-state index is 5.35. The van der Waals surface area contributed by atoms with Gasteiger partial charge in [-0.05, 0) is 40.8 Å². The van der Waals surface area contributed by atoms with Crippen molar-refractivity contribution < 1.29 is 4.74 Å². The number of likely N-dealkylation sites (N-methyl/N-ethyl adjacent to an activating group) is 2. The van der Waals surface area contributed by atoms with Crippen LogP contribution in [0.1, 0.15) is 26.7 Å². The van der Waals surface area contributed by atoms with Gasteiger partial charge in [-0.25, -0.2) is 0 Å². The molecule has 0 radical (unpaired) electrons. The minimum Gasteiger partial charge on any atom is -0.382 e. The van der Waals surface area contributed by atoms with Gasteiger partial charge in [-0.2, -0.15) is 0 Å². The molecule has 0 amide bonds. The highest BCUT2D eigenvalue weighted by atomic mass is 127. The lowest BCUT2D eigenvalue weighted by molar-refractivity contribution is 0.119. The molecule has 1 unspecified atom stereocenters. The summed E-state index contributed by atoms with van der Waals surface area (Å²) in [6.45, 7) is 11.8. The number of piperazine rings is 1. The van der Waals surface area contributed by atoms with Crippen molar-refractivity contribution in [1.29, 1.82) is 0 Å².